The number of fused-ring (bicyclic) bond motifs is 3. The van der Waals surface area contributed by atoms with E-state index in [0.717, 1.165) is 11.1 Å². The van der Waals surface area contributed by atoms with Crippen molar-refractivity contribution in [2.75, 3.05) is 18.5 Å². The summed E-state index contributed by atoms with van der Waals surface area (Å²) in [7, 11) is 0. The maximum Gasteiger partial charge on any atom is 0.226 e. The number of nitrogens with zero attached hydrogens (tertiary/aromatic N) is 4. The summed E-state index contributed by atoms with van der Waals surface area (Å²) in [5, 5.41) is 13.3. The van der Waals surface area contributed by atoms with Crippen LogP contribution in [0.15, 0.2) is 60.9 Å². The standard InChI is InChI=1S/C25H23Cl2N5O5/c26-17-8-4-7-16(9-17)10-28-21-18-22(31-24(27)30-21)32(14-29-18)23-19-20(25(37-23,12-35-19)13-36-33)34-11-15-5-2-1-3-6-15/h1-9,14,19-20,23,33H,10-13H2,(H,28,30,31)/t19-,20+,23-,25-/m1/s1. The predicted molar refractivity (Wildman–Crippen MR) is 135 cm³/mol. The first-order valence-electron chi connectivity index (χ1n) is 11.7. The monoisotopic (exact) mass is 543 g/mol. The van der Waals surface area contributed by atoms with Crippen LogP contribution in [0.25, 0.3) is 11.2 Å². The van der Waals surface area contributed by atoms with Crippen molar-refractivity contribution in [1.29, 1.82) is 0 Å². The topological polar surface area (TPSA) is 113 Å². The molecule has 4 atom stereocenters. The van der Waals surface area contributed by atoms with E-state index in [-0.39, 0.29) is 18.5 Å². The zero-order valence-corrected chi connectivity index (χ0v) is 21.0. The van der Waals surface area contributed by atoms with Gasteiger partial charge in [-0.15, -0.1) is 0 Å². The molecule has 192 valence electrons. The zero-order valence-electron chi connectivity index (χ0n) is 19.5. The highest BCUT2D eigenvalue weighted by Gasteiger charge is 2.63. The Hall–Kier alpha value is -2.83. The molecule has 2 fully saturated rings. The van der Waals surface area contributed by atoms with Crippen LogP contribution >= 0.6 is 23.2 Å². The van der Waals surface area contributed by atoms with Gasteiger partial charge in [-0.2, -0.15) is 9.97 Å². The molecule has 2 aliphatic rings. The number of imidazole rings is 1. The van der Waals surface area contributed by atoms with Crippen molar-refractivity contribution < 1.29 is 24.4 Å². The number of anilines is 1. The van der Waals surface area contributed by atoms with Gasteiger partial charge >= 0.3 is 0 Å². The lowest BCUT2D eigenvalue weighted by molar-refractivity contribution is -0.295. The van der Waals surface area contributed by atoms with Crippen molar-refractivity contribution in [3.8, 4) is 0 Å². The molecule has 0 unspecified atom stereocenters. The van der Waals surface area contributed by atoms with Gasteiger partial charge in [0.05, 0.1) is 19.5 Å². The number of ether oxygens (including phenoxy) is 3. The lowest BCUT2D eigenvalue weighted by Crippen LogP contribution is -2.46. The van der Waals surface area contributed by atoms with Gasteiger partial charge in [0, 0.05) is 11.6 Å². The summed E-state index contributed by atoms with van der Waals surface area (Å²) in [5.74, 6) is 0.475. The molecule has 0 saturated carbocycles. The van der Waals surface area contributed by atoms with E-state index in [4.69, 9.17) is 37.4 Å². The van der Waals surface area contributed by atoms with E-state index in [1.165, 1.54) is 0 Å². The van der Waals surface area contributed by atoms with Crippen LogP contribution in [0.1, 0.15) is 17.4 Å². The Morgan fingerprint density at radius 1 is 1.11 bits per heavy atom. The summed E-state index contributed by atoms with van der Waals surface area (Å²) in [6.07, 6.45) is -0.0224. The lowest BCUT2D eigenvalue weighted by Gasteiger charge is -2.30. The fourth-order valence-electron chi connectivity index (χ4n) is 4.87. The highest BCUT2D eigenvalue weighted by atomic mass is 35.5. The minimum Gasteiger partial charge on any atom is -0.367 e. The number of rotatable bonds is 9. The van der Waals surface area contributed by atoms with Gasteiger partial charge in [0.15, 0.2) is 23.2 Å². The Labute approximate surface area is 222 Å². The van der Waals surface area contributed by atoms with Crippen molar-refractivity contribution >= 4 is 40.2 Å². The van der Waals surface area contributed by atoms with Crippen LogP contribution < -0.4 is 5.32 Å². The molecule has 4 aromatic rings. The molecule has 4 heterocycles. The Bertz CT molecular complexity index is 1410. The first-order valence-corrected chi connectivity index (χ1v) is 12.4. The molecule has 2 N–H and O–H groups in total. The number of nitrogens with one attached hydrogen (secondary N) is 1. The van der Waals surface area contributed by atoms with Gasteiger partial charge in [0.1, 0.15) is 24.4 Å². The molecule has 10 nitrogen and oxygen atoms in total. The molecule has 2 aliphatic heterocycles. The fourth-order valence-corrected chi connectivity index (χ4v) is 5.25. The zero-order chi connectivity index (χ0) is 25.4. The molecular weight excluding hydrogens is 521 g/mol. The molecule has 0 spiro atoms. The highest BCUT2D eigenvalue weighted by Crippen LogP contribution is 2.47. The largest absolute Gasteiger partial charge is 0.367 e. The summed E-state index contributed by atoms with van der Waals surface area (Å²) in [5.41, 5.74) is 1.97. The Morgan fingerprint density at radius 2 is 1.95 bits per heavy atom. The highest BCUT2D eigenvalue weighted by molar-refractivity contribution is 6.30. The normalized spacial score (nSPS) is 24.7. The molecule has 0 radical (unpaired) electrons. The van der Waals surface area contributed by atoms with E-state index in [1.54, 1.807) is 10.9 Å². The Balaban J connectivity index is 1.28. The van der Waals surface area contributed by atoms with Crippen LogP contribution in [0, 0.1) is 0 Å². The molecule has 0 amide bonds. The van der Waals surface area contributed by atoms with E-state index < -0.39 is 24.0 Å². The van der Waals surface area contributed by atoms with Gasteiger partial charge in [0.2, 0.25) is 5.28 Å². The molecule has 2 aromatic heterocycles. The van der Waals surface area contributed by atoms with Gasteiger partial charge < -0.3 is 19.5 Å². The van der Waals surface area contributed by atoms with Crippen molar-refractivity contribution in [3.63, 3.8) is 0 Å². The Morgan fingerprint density at radius 3 is 2.76 bits per heavy atom. The lowest BCUT2D eigenvalue weighted by atomic mass is 10.00. The van der Waals surface area contributed by atoms with Crippen LogP contribution in [0.3, 0.4) is 0 Å². The molecule has 37 heavy (non-hydrogen) atoms. The maximum absolute atomic E-state index is 9.31. The average Bonchev–Trinajstić information content (AvgIpc) is 3.56. The van der Waals surface area contributed by atoms with Crippen molar-refractivity contribution in [3.05, 3.63) is 82.4 Å². The summed E-state index contributed by atoms with van der Waals surface area (Å²) in [6.45, 7) is 0.913. The maximum atomic E-state index is 9.31. The minimum absolute atomic E-state index is 0.0530. The predicted octanol–water partition coefficient (Wildman–Crippen LogP) is 4.49. The Kier molecular flexibility index (Phi) is 6.72. The van der Waals surface area contributed by atoms with E-state index in [9.17, 15) is 5.26 Å². The third kappa shape index (κ3) is 4.66. The smallest absolute Gasteiger partial charge is 0.226 e. The van der Waals surface area contributed by atoms with Gasteiger partial charge in [0.25, 0.3) is 0 Å². The van der Waals surface area contributed by atoms with Gasteiger partial charge in [-0.3, -0.25) is 9.82 Å². The van der Waals surface area contributed by atoms with E-state index in [2.05, 4.69) is 25.2 Å². The van der Waals surface area contributed by atoms with Gasteiger partial charge in [-0.25, -0.2) is 9.87 Å². The second-order valence-corrected chi connectivity index (χ2v) is 9.76. The minimum atomic E-state index is -1.00. The number of hydrogen-bond donors (Lipinski definition) is 2. The molecule has 2 bridgehead atoms. The molecule has 2 saturated heterocycles. The van der Waals surface area contributed by atoms with E-state index in [0.29, 0.717) is 35.2 Å². The molecule has 12 heteroatoms. The van der Waals surface area contributed by atoms with E-state index in [1.807, 2.05) is 54.6 Å². The summed E-state index contributed by atoms with van der Waals surface area (Å²) in [4.78, 5) is 17.8. The van der Waals surface area contributed by atoms with Crippen molar-refractivity contribution in [2.24, 2.45) is 0 Å². The third-order valence-electron chi connectivity index (χ3n) is 6.57. The second kappa shape index (κ2) is 10.1. The number of benzene rings is 2. The second-order valence-electron chi connectivity index (χ2n) is 8.99. The average molecular weight is 544 g/mol. The first kappa shape index (κ1) is 24.5. The van der Waals surface area contributed by atoms with E-state index >= 15 is 0 Å². The molecule has 2 aromatic carbocycles. The first-order chi connectivity index (χ1) is 18.1. The fraction of sp³-hybridized carbons (Fsp3) is 0.320. The van der Waals surface area contributed by atoms with Crippen LogP contribution in [0.4, 0.5) is 5.82 Å². The number of hydrogen-bond acceptors (Lipinski definition) is 9. The summed E-state index contributed by atoms with van der Waals surface area (Å²) < 4.78 is 20.5. The van der Waals surface area contributed by atoms with Gasteiger partial charge in [-0.1, -0.05) is 54.1 Å². The van der Waals surface area contributed by atoms with Crippen LogP contribution in [0.2, 0.25) is 10.3 Å². The van der Waals surface area contributed by atoms with Crippen molar-refractivity contribution in [2.45, 2.75) is 37.2 Å². The molecule has 6 rings (SSSR count). The number of halogens is 2. The van der Waals surface area contributed by atoms with Crippen LogP contribution in [-0.4, -0.2) is 55.8 Å². The molecule has 0 aliphatic carbocycles. The van der Waals surface area contributed by atoms with Crippen LogP contribution in [-0.2, 0) is 32.2 Å². The summed E-state index contributed by atoms with van der Waals surface area (Å²) in [6, 6.07) is 17.3. The van der Waals surface area contributed by atoms with Crippen LogP contribution in [0.5, 0.6) is 0 Å². The third-order valence-corrected chi connectivity index (χ3v) is 6.98. The number of aromatic nitrogens is 4. The quantitative estimate of drug-likeness (QED) is 0.179. The molecular formula is C25H23Cl2N5O5. The summed E-state index contributed by atoms with van der Waals surface area (Å²) >= 11 is 12.4. The van der Waals surface area contributed by atoms with Crippen molar-refractivity contribution in [1.82, 2.24) is 19.5 Å². The van der Waals surface area contributed by atoms with Gasteiger partial charge in [-0.05, 0) is 34.9 Å². The SMILES string of the molecule is OOC[C@@]12CO[C@@H]([C@H](n3cnc4c(NCc5cccc(Cl)c5)nc(Cl)nc43)O1)[C@@H]2OCc1ccccc1.